The second kappa shape index (κ2) is 6.12. The minimum atomic E-state index is -2.20. The zero-order chi connectivity index (χ0) is 10.4. The van der Waals surface area contributed by atoms with Crippen LogP contribution in [0.4, 0.5) is 0 Å². The third kappa shape index (κ3) is 6.03. The summed E-state index contributed by atoms with van der Waals surface area (Å²) >= 11 is 4.88. The molecule has 7 heteroatoms. The molecule has 0 radical (unpaired) electrons. The molecule has 1 heterocycles. The van der Waals surface area contributed by atoms with Crippen molar-refractivity contribution in [1.82, 2.24) is 9.99 Å². The molecule has 0 amide bonds. The molecule has 1 saturated heterocycles. The van der Waals surface area contributed by atoms with Crippen LogP contribution >= 0.6 is 6.49 Å². The van der Waals surface area contributed by atoms with Gasteiger partial charge in [-0.15, -0.1) is 0 Å². The number of hydrogen-bond donors (Lipinski definition) is 3. The van der Waals surface area contributed by atoms with E-state index in [9.17, 15) is 0 Å². The van der Waals surface area contributed by atoms with E-state index in [0.717, 1.165) is 45.8 Å². The number of ether oxygens (including phenoxy) is 1. The lowest BCUT2D eigenvalue weighted by atomic mass is 10.3. The van der Waals surface area contributed by atoms with Crippen LogP contribution in [-0.4, -0.2) is 44.3 Å². The Balaban J connectivity index is 2.00. The number of hydrogen-bond acceptors (Lipinski definition) is 3. The van der Waals surface area contributed by atoms with Crippen molar-refractivity contribution in [2.45, 2.75) is 6.42 Å². The van der Waals surface area contributed by atoms with Crippen LogP contribution in [0.2, 0.25) is 0 Å². The van der Waals surface area contributed by atoms with Crippen LogP contribution in [-0.2, 0) is 16.5 Å². The number of nitrogens with two attached hydrogens (primary N) is 2. The van der Waals surface area contributed by atoms with Crippen LogP contribution in [0.15, 0.2) is 0 Å². The molecule has 0 aromatic carbocycles. The summed E-state index contributed by atoms with van der Waals surface area (Å²) in [5.41, 5.74) is 11.0. The molecular weight excluding hydrogens is 219 g/mol. The lowest BCUT2D eigenvalue weighted by molar-refractivity contribution is 0.0376. The van der Waals surface area contributed by atoms with Gasteiger partial charge in [-0.1, -0.05) is 0 Å². The zero-order valence-electron chi connectivity index (χ0n) is 8.32. The second-order valence-corrected chi connectivity index (χ2v) is 6.97. The summed E-state index contributed by atoms with van der Waals surface area (Å²) in [6.45, 7) is 3.42. The smallest absolute Gasteiger partial charge is 0.132 e. The first-order valence-electron chi connectivity index (χ1n) is 4.80. The fourth-order valence-corrected chi connectivity index (χ4v) is 2.16. The molecule has 0 saturated carbocycles. The summed E-state index contributed by atoms with van der Waals surface area (Å²) in [5.74, 6) is 0. The van der Waals surface area contributed by atoms with Gasteiger partial charge in [0.05, 0.1) is 13.2 Å². The molecule has 1 aliphatic rings. The van der Waals surface area contributed by atoms with Gasteiger partial charge in [-0.3, -0.25) is 21.0 Å². The van der Waals surface area contributed by atoms with Crippen molar-refractivity contribution in [3.8, 4) is 0 Å². The van der Waals surface area contributed by atoms with E-state index in [2.05, 4.69) is 9.99 Å². The van der Waals surface area contributed by atoms with Crippen molar-refractivity contribution in [3.63, 3.8) is 0 Å². The average Bonchev–Trinajstić information content (AvgIpc) is 2.13. The Labute approximate surface area is 90.3 Å². The third-order valence-corrected chi connectivity index (χ3v) is 3.22. The van der Waals surface area contributed by atoms with Crippen LogP contribution < -0.4 is 16.1 Å². The van der Waals surface area contributed by atoms with Gasteiger partial charge in [-0.2, -0.15) is 0 Å². The fourth-order valence-electron chi connectivity index (χ4n) is 1.38. The molecule has 0 aliphatic carbocycles. The van der Waals surface area contributed by atoms with Gasteiger partial charge in [0.2, 0.25) is 0 Å². The van der Waals surface area contributed by atoms with Gasteiger partial charge in [0.15, 0.2) is 0 Å². The summed E-state index contributed by atoms with van der Waals surface area (Å²) in [6, 6.07) is 0. The summed E-state index contributed by atoms with van der Waals surface area (Å²) in [5, 5.41) is 2.99. The fraction of sp³-hybridized carbons (Fsp3) is 1.00. The maximum Gasteiger partial charge on any atom is 0.132 e. The quantitative estimate of drug-likeness (QED) is 0.440. The van der Waals surface area contributed by atoms with Gasteiger partial charge in [0.25, 0.3) is 0 Å². The van der Waals surface area contributed by atoms with Gasteiger partial charge < -0.3 is 4.74 Å². The number of nitrogens with zero attached hydrogens (tertiary/aromatic N) is 1. The highest BCUT2D eigenvalue weighted by atomic mass is 32.4. The highest BCUT2D eigenvalue weighted by Crippen LogP contribution is 2.17. The maximum absolute atomic E-state index is 5.51. The molecule has 0 aromatic heterocycles. The molecule has 14 heavy (non-hydrogen) atoms. The predicted octanol–water partition coefficient (Wildman–Crippen LogP) is -0.560. The van der Waals surface area contributed by atoms with Gasteiger partial charge >= 0.3 is 0 Å². The Bertz CT molecular complexity index is 204. The summed E-state index contributed by atoms with van der Waals surface area (Å²) in [6.07, 6.45) is 1.03. The Morgan fingerprint density at radius 3 is 2.57 bits per heavy atom. The first-order chi connectivity index (χ1) is 6.58. The van der Waals surface area contributed by atoms with E-state index in [-0.39, 0.29) is 0 Å². The largest absolute Gasteiger partial charge is 0.379 e. The molecule has 0 aromatic rings. The van der Waals surface area contributed by atoms with Crippen LogP contribution in [0.25, 0.3) is 0 Å². The predicted molar refractivity (Wildman–Crippen MR) is 62.5 cm³/mol. The van der Waals surface area contributed by atoms with Crippen molar-refractivity contribution >= 4 is 18.3 Å². The summed E-state index contributed by atoms with van der Waals surface area (Å²) in [7, 11) is 0. The van der Waals surface area contributed by atoms with E-state index in [1.54, 1.807) is 0 Å². The van der Waals surface area contributed by atoms with Crippen molar-refractivity contribution in [2.24, 2.45) is 11.0 Å². The Morgan fingerprint density at radius 1 is 1.36 bits per heavy atom. The Morgan fingerprint density at radius 2 is 2.00 bits per heavy atom. The SMILES string of the molecule is NP(N)(=S)NCCCN1CCOCC1. The highest BCUT2D eigenvalue weighted by Gasteiger charge is 2.09. The minimum absolute atomic E-state index is 0.807. The molecule has 0 bridgehead atoms. The van der Waals surface area contributed by atoms with Gasteiger partial charge in [0, 0.05) is 19.6 Å². The first-order valence-corrected chi connectivity index (χ1v) is 7.74. The van der Waals surface area contributed by atoms with E-state index < -0.39 is 6.49 Å². The third-order valence-electron chi connectivity index (χ3n) is 2.11. The van der Waals surface area contributed by atoms with Crippen molar-refractivity contribution in [3.05, 3.63) is 0 Å². The number of nitrogens with one attached hydrogen (secondary N) is 1. The molecule has 0 spiro atoms. The van der Waals surface area contributed by atoms with E-state index in [4.69, 9.17) is 27.6 Å². The molecular formula is C7H19N4OPS. The lowest BCUT2D eigenvalue weighted by Crippen LogP contribution is -2.37. The minimum Gasteiger partial charge on any atom is -0.379 e. The maximum atomic E-state index is 5.51. The Hall–Kier alpha value is 0.450. The average molecular weight is 238 g/mol. The lowest BCUT2D eigenvalue weighted by Gasteiger charge is -2.26. The molecule has 84 valence electrons. The number of morpholine rings is 1. The van der Waals surface area contributed by atoms with E-state index in [1.165, 1.54) is 0 Å². The second-order valence-electron chi connectivity index (χ2n) is 3.43. The topological polar surface area (TPSA) is 76.5 Å². The van der Waals surface area contributed by atoms with Crippen molar-refractivity contribution in [2.75, 3.05) is 39.4 Å². The van der Waals surface area contributed by atoms with Crippen LogP contribution in [0, 0.1) is 0 Å². The normalized spacial score (nSPS) is 19.9. The molecule has 5 N–H and O–H groups in total. The molecule has 1 fully saturated rings. The van der Waals surface area contributed by atoms with Gasteiger partial charge in [0.1, 0.15) is 6.49 Å². The molecule has 0 unspecified atom stereocenters. The van der Waals surface area contributed by atoms with Crippen LogP contribution in [0.1, 0.15) is 6.42 Å². The standard InChI is InChI=1S/C7H19N4OPS/c8-13(9,14)10-2-1-3-11-4-6-12-7-5-11/h1-7H2,(H5,8,9,10,14). The van der Waals surface area contributed by atoms with Gasteiger partial charge in [-0.05, 0) is 24.8 Å². The summed E-state index contributed by atoms with van der Waals surface area (Å²) < 4.78 is 5.25. The first kappa shape index (κ1) is 12.5. The van der Waals surface area contributed by atoms with E-state index >= 15 is 0 Å². The molecule has 1 rings (SSSR count). The molecule has 5 nitrogen and oxygen atoms in total. The highest BCUT2D eigenvalue weighted by molar-refractivity contribution is 8.11. The van der Waals surface area contributed by atoms with Crippen molar-refractivity contribution < 1.29 is 4.74 Å². The monoisotopic (exact) mass is 238 g/mol. The molecule has 1 aliphatic heterocycles. The van der Waals surface area contributed by atoms with Crippen LogP contribution in [0.5, 0.6) is 0 Å². The van der Waals surface area contributed by atoms with E-state index in [1.807, 2.05) is 0 Å². The van der Waals surface area contributed by atoms with E-state index in [0.29, 0.717) is 0 Å². The van der Waals surface area contributed by atoms with Crippen molar-refractivity contribution in [1.29, 1.82) is 0 Å². The van der Waals surface area contributed by atoms with Crippen LogP contribution in [0.3, 0.4) is 0 Å². The summed E-state index contributed by atoms with van der Waals surface area (Å²) in [4.78, 5) is 2.38. The Kier molecular flexibility index (Phi) is 5.48. The zero-order valence-corrected chi connectivity index (χ0v) is 10.0. The number of rotatable bonds is 5. The van der Waals surface area contributed by atoms with Gasteiger partial charge in [-0.25, -0.2) is 0 Å². The molecule has 0 atom stereocenters.